The molecule has 1 aromatic rings. The van der Waals surface area contributed by atoms with Crippen molar-refractivity contribution in [3.8, 4) is 0 Å². The summed E-state index contributed by atoms with van der Waals surface area (Å²) in [6, 6.07) is 3.50. The summed E-state index contributed by atoms with van der Waals surface area (Å²) >= 11 is 1.19. The monoisotopic (exact) mass is 405 g/mol. The van der Waals surface area contributed by atoms with Crippen molar-refractivity contribution in [3.63, 3.8) is 0 Å². The van der Waals surface area contributed by atoms with Crippen molar-refractivity contribution in [1.29, 1.82) is 0 Å². The second-order valence-corrected chi connectivity index (χ2v) is 8.57. The molecule has 1 aromatic heterocycles. The van der Waals surface area contributed by atoms with Crippen molar-refractivity contribution in [2.75, 3.05) is 12.4 Å². The van der Waals surface area contributed by atoms with Gasteiger partial charge in [-0.05, 0) is 63.5 Å². The minimum atomic E-state index is -0.614. The van der Waals surface area contributed by atoms with Gasteiger partial charge < -0.3 is 15.4 Å². The smallest absolute Gasteiger partial charge is 0.341 e. The number of carbonyl (C=O) groups excluding carboxylic acids is 3. The van der Waals surface area contributed by atoms with Crippen LogP contribution < -0.4 is 10.6 Å². The molecule has 28 heavy (non-hydrogen) atoms. The zero-order valence-electron chi connectivity index (χ0n) is 16.3. The van der Waals surface area contributed by atoms with Gasteiger partial charge in [0.25, 0.3) is 5.91 Å². The molecule has 0 spiro atoms. The number of pyridine rings is 1. The number of rotatable bonds is 10. The Kier molecular flexibility index (Phi) is 6.93. The van der Waals surface area contributed by atoms with Crippen LogP contribution in [0, 0.1) is 11.8 Å². The Morgan fingerprint density at radius 3 is 2.32 bits per heavy atom. The first kappa shape index (κ1) is 20.6. The molecule has 152 valence electrons. The van der Waals surface area contributed by atoms with E-state index in [1.807, 2.05) is 13.8 Å². The van der Waals surface area contributed by atoms with Crippen LogP contribution in [0.5, 0.6) is 0 Å². The van der Waals surface area contributed by atoms with Crippen LogP contribution in [-0.4, -0.2) is 47.2 Å². The van der Waals surface area contributed by atoms with Gasteiger partial charge in [-0.2, -0.15) is 0 Å². The fourth-order valence-corrected chi connectivity index (χ4v) is 3.82. The highest BCUT2D eigenvalue weighted by Gasteiger charge is 2.30. The quantitative estimate of drug-likeness (QED) is 0.457. The van der Waals surface area contributed by atoms with Gasteiger partial charge in [0.2, 0.25) is 5.91 Å². The number of amides is 2. The van der Waals surface area contributed by atoms with Crippen LogP contribution in [0.4, 0.5) is 0 Å². The van der Waals surface area contributed by atoms with E-state index >= 15 is 0 Å². The van der Waals surface area contributed by atoms with Gasteiger partial charge in [0.05, 0.1) is 11.3 Å². The SMILES string of the molecule is C[C@H](NC(=O)COC(=O)c1cccnc1SCC(=O)N[C@H](C)C1CC1)C1CC1. The van der Waals surface area contributed by atoms with Gasteiger partial charge in [-0.25, -0.2) is 9.78 Å². The van der Waals surface area contributed by atoms with E-state index in [2.05, 4.69) is 15.6 Å². The van der Waals surface area contributed by atoms with E-state index in [0.717, 1.165) is 25.7 Å². The van der Waals surface area contributed by atoms with Gasteiger partial charge in [0, 0.05) is 18.3 Å². The van der Waals surface area contributed by atoms with Crippen molar-refractivity contribution >= 4 is 29.5 Å². The summed E-state index contributed by atoms with van der Waals surface area (Å²) in [5, 5.41) is 6.25. The standard InChI is InChI=1S/C20H27N3O4S/c1-12(14-5-6-14)22-17(24)10-27-20(26)16-4-3-9-21-19(16)28-11-18(25)23-13(2)15-7-8-15/h3-4,9,12-15H,5-8,10-11H2,1-2H3,(H,22,24)(H,23,25)/t12-,13+/m0/s1. The lowest BCUT2D eigenvalue weighted by atomic mass is 10.2. The molecule has 2 N–H and O–H groups in total. The summed E-state index contributed by atoms with van der Waals surface area (Å²) in [6.45, 7) is 3.65. The molecule has 0 unspecified atom stereocenters. The fraction of sp³-hybridized carbons (Fsp3) is 0.600. The molecule has 0 bridgehead atoms. The molecule has 0 aliphatic heterocycles. The van der Waals surface area contributed by atoms with Gasteiger partial charge in [-0.1, -0.05) is 11.8 Å². The predicted molar refractivity (Wildman–Crippen MR) is 106 cm³/mol. The number of aromatic nitrogens is 1. The Hall–Kier alpha value is -2.09. The number of esters is 1. The highest BCUT2D eigenvalue weighted by molar-refractivity contribution is 8.00. The van der Waals surface area contributed by atoms with Crippen LogP contribution >= 0.6 is 11.8 Å². The maximum Gasteiger partial charge on any atom is 0.341 e. The number of nitrogens with zero attached hydrogens (tertiary/aromatic N) is 1. The van der Waals surface area contributed by atoms with Crippen LogP contribution in [0.25, 0.3) is 0 Å². The molecule has 2 amide bonds. The second kappa shape index (κ2) is 9.41. The molecular formula is C20H27N3O4S. The molecule has 2 aliphatic carbocycles. The Morgan fingerprint density at radius 2 is 1.71 bits per heavy atom. The molecule has 0 aromatic carbocycles. The van der Waals surface area contributed by atoms with E-state index in [1.54, 1.807) is 18.3 Å². The van der Waals surface area contributed by atoms with E-state index in [4.69, 9.17) is 4.74 Å². The number of carbonyl (C=O) groups is 3. The van der Waals surface area contributed by atoms with Crippen molar-refractivity contribution in [1.82, 2.24) is 15.6 Å². The highest BCUT2D eigenvalue weighted by atomic mass is 32.2. The number of thioether (sulfide) groups is 1. The third-order valence-corrected chi connectivity index (χ3v) is 6.11. The number of ether oxygens (including phenoxy) is 1. The molecule has 2 saturated carbocycles. The number of hydrogen-bond donors (Lipinski definition) is 2. The van der Waals surface area contributed by atoms with Crippen LogP contribution in [0.3, 0.4) is 0 Å². The molecule has 2 atom stereocenters. The minimum Gasteiger partial charge on any atom is -0.452 e. The van der Waals surface area contributed by atoms with Gasteiger partial charge in [-0.15, -0.1) is 0 Å². The summed E-state index contributed by atoms with van der Waals surface area (Å²) in [7, 11) is 0. The first-order chi connectivity index (χ1) is 13.4. The highest BCUT2D eigenvalue weighted by Crippen LogP contribution is 2.33. The molecule has 2 aliphatic rings. The Balaban J connectivity index is 1.47. The second-order valence-electron chi connectivity index (χ2n) is 7.61. The maximum absolute atomic E-state index is 12.4. The summed E-state index contributed by atoms with van der Waals surface area (Å²) in [5.41, 5.74) is 0.263. The summed E-state index contributed by atoms with van der Waals surface area (Å²) in [4.78, 5) is 40.6. The largest absolute Gasteiger partial charge is 0.452 e. The van der Waals surface area contributed by atoms with E-state index in [0.29, 0.717) is 16.9 Å². The predicted octanol–water partition coefficient (Wildman–Crippen LogP) is 2.16. The summed E-state index contributed by atoms with van der Waals surface area (Å²) in [6.07, 6.45) is 6.15. The Morgan fingerprint density at radius 1 is 1.11 bits per heavy atom. The van der Waals surface area contributed by atoms with Gasteiger partial charge >= 0.3 is 5.97 Å². The molecular weight excluding hydrogens is 378 g/mol. The molecule has 3 rings (SSSR count). The van der Waals surface area contributed by atoms with E-state index < -0.39 is 5.97 Å². The third kappa shape index (κ3) is 6.22. The molecule has 0 saturated heterocycles. The summed E-state index contributed by atoms with van der Waals surface area (Å²) < 4.78 is 5.14. The summed E-state index contributed by atoms with van der Waals surface area (Å²) in [5.74, 6) is 0.296. The number of hydrogen-bond acceptors (Lipinski definition) is 6. The normalized spacial score (nSPS) is 18.1. The molecule has 0 radical (unpaired) electrons. The molecule has 2 fully saturated rings. The van der Waals surface area contributed by atoms with Crippen LogP contribution in [0.2, 0.25) is 0 Å². The van der Waals surface area contributed by atoms with Crippen molar-refractivity contribution in [2.24, 2.45) is 11.8 Å². The van der Waals surface area contributed by atoms with E-state index in [-0.39, 0.29) is 41.8 Å². The van der Waals surface area contributed by atoms with Crippen molar-refractivity contribution in [2.45, 2.75) is 56.6 Å². The average Bonchev–Trinajstić information content (AvgIpc) is 3.57. The van der Waals surface area contributed by atoms with Crippen LogP contribution in [0.1, 0.15) is 49.9 Å². The van der Waals surface area contributed by atoms with Crippen LogP contribution in [-0.2, 0) is 14.3 Å². The average molecular weight is 406 g/mol. The maximum atomic E-state index is 12.4. The molecule has 7 nitrogen and oxygen atoms in total. The van der Waals surface area contributed by atoms with Gasteiger partial charge in [0.1, 0.15) is 5.03 Å². The first-order valence-corrected chi connectivity index (χ1v) is 10.8. The minimum absolute atomic E-state index is 0.0807. The van der Waals surface area contributed by atoms with E-state index in [9.17, 15) is 14.4 Å². The van der Waals surface area contributed by atoms with Crippen LogP contribution in [0.15, 0.2) is 23.4 Å². The van der Waals surface area contributed by atoms with Crippen molar-refractivity contribution in [3.05, 3.63) is 23.9 Å². The Bertz CT molecular complexity index is 734. The number of nitrogens with one attached hydrogen (secondary N) is 2. The van der Waals surface area contributed by atoms with Crippen molar-refractivity contribution < 1.29 is 19.1 Å². The third-order valence-electron chi connectivity index (χ3n) is 5.10. The van der Waals surface area contributed by atoms with E-state index in [1.165, 1.54) is 11.8 Å². The lowest BCUT2D eigenvalue weighted by molar-refractivity contribution is -0.125. The fourth-order valence-electron chi connectivity index (χ4n) is 3.02. The zero-order chi connectivity index (χ0) is 20.1. The molecule has 8 heteroatoms. The lowest BCUT2D eigenvalue weighted by Gasteiger charge is -2.14. The Labute approximate surface area is 169 Å². The van der Waals surface area contributed by atoms with Gasteiger partial charge in [-0.3, -0.25) is 9.59 Å². The molecule has 1 heterocycles. The first-order valence-electron chi connectivity index (χ1n) is 9.77. The lowest BCUT2D eigenvalue weighted by Crippen LogP contribution is -2.37. The zero-order valence-corrected chi connectivity index (χ0v) is 17.1. The van der Waals surface area contributed by atoms with Gasteiger partial charge in [0.15, 0.2) is 6.61 Å². The topological polar surface area (TPSA) is 97.4 Å².